The second-order valence-corrected chi connectivity index (χ2v) is 7.41. The summed E-state index contributed by atoms with van der Waals surface area (Å²) in [7, 11) is 0. The molecule has 4 rings (SSSR count). The Morgan fingerprint density at radius 2 is 1.67 bits per heavy atom. The summed E-state index contributed by atoms with van der Waals surface area (Å²) in [6, 6.07) is 5.66. The van der Waals surface area contributed by atoms with Gasteiger partial charge in [-0.25, -0.2) is 0 Å². The van der Waals surface area contributed by atoms with Gasteiger partial charge in [-0.3, -0.25) is 4.79 Å². The van der Waals surface area contributed by atoms with E-state index in [-0.39, 0.29) is 16.9 Å². The molecule has 33 heavy (non-hydrogen) atoms. The smallest absolute Gasteiger partial charge is 0.238 e. The third-order valence-corrected chi connectivity index (χ3v) is 5.26. The first-order valence-electron chi connectivity index (χ1n) is 9.65. The fourth-order valence-electron chi connectivity index (χ4n) is 3.58. The number of phenols is 3. The highest BCUT2D eigenvalue weighted by Gasteiger charge is 2.45. The number of aliphatic hydroxyl groups is 4. The fourth-order valence-corrected chi connectivity index (χ4v) is 3.58. The summed E-state index contributed by atoms with van der Waals surface area (Å²) < 4.78 is 16.3. The third-order valence-electron chi connectivity index (χ3n) is 5.26. The maximum Gasteiger partial charge on any atom is 0.238 e. The van der Waals surface area contributed by atoms with Gasteiger partial charge >= 0.3 is 0 Å². The van der Waals surface area contributed by atoms with E-state index in [1.807, 2.05) is 0 Å². The topological polar surface area (TPSA) is 211 Å². The molecule has 1 aliphatic rings. The Morgan fingerprint density at radius 3 is 2.36 bits per heavy atom. The monoisotopic (exact) mass is 464 g/mol. The summed E-state index contributed by atoms with van der Waals surface area (Å²) in [5.74, 6) is -3.47. The van der Waals surface area contributed by atoms with E-state index in [0.717, 1.165) is 12.1 Å². The predicted octanol–water partition coefficient (Wildman–Crippen LogP) is -0.539. The van der Waals surface area contributed by atoms with Gasteiger partial charge in [0.2, 0.25) is 17.5 Å². The van der Waals surface area contributed by atoms with Crippen molar-refractivity contribution in [3.8, 4) is 40.1 Å². The predicted molar refractivity (Wildman–Crippen MR) is 109 cm³/mol. The molecule has 1 aromatic heterocycles. The molecule has 0 saturated carbocycles. The molecule has 0 aliphatic carbocycles. The van der Waals surface area contributed by atoms with E-state index in [1.165, 1.54) is 18.2 Å². The SMILES string of the molecule is O=c1c(O)c(-c2c(O)cccc2O[C@H]2O[C@H](CO)[C@@H](O)[C@H](O)[C@H]2O)oc2cc(O)cc(O)c12. The molecule has 5 atom stereocenters. The van der Waals surface area contributed by atoms with Gasteiger partial charge in [-0.15, -0.1) is 0 Å². The number of aliphatic hydroxyl groups excluding tert-OH is 4. The number of hydrogen-bond acceptors (Lipinski definition) is 12. The molecule has 1 fully saturated rings. The summed E-state index contributed by atoms with van der Waals surface area (Å²) >= 11 is 0. The lowest BCUT2D eigenvalue weighted by atomic mass is 9.99. The molecule has 12 nitrogen and oxygen atoms in total. The molecule has 3 aromatic rings. The minimum atomic E-state index is -1.77. The molecule has 176 valence electrons. The lowest BCUT2D eigenvalue weighted by molar-refractivity contribution is -0.277. The van der Waals surface area contributed by atoms with E-state index >= 15 is 0 Å². The van der Waals surface area contributed by atoms with Crippen LogP contribution in [0.15, 0.2) is 39.5 Å². The van der Waals surface area contributed by atoms with Crippen LogP contribution in [0.4, 0.5) is 0 Å². The summed E-state index contributed by atoms with van der Waals surface area (Å²) in [5, 5.41) is 79.6. The van der Waals surface area contributed by atoms with Crippen LogP contribution in [0.3, 0.4) is 0 Å². The highest BCUT2D eigenvalue weighted by atomic mass is 16.7. The second kappa shape index (κ2) is 8.42. The average Bonchev–Trinajstić information content (AvgIpc) is 2.76. The van der Waals surface area contributed by atoms with Crippen molar-refractivity contribution in [2.45, 2.75) is 30.7 Å². The molecule has 8 N–H and O–H groups in total. The number of rotatable bonds is 4. The van der Waals surface area contributed by atoms with Crippen molar-refractivity contribution in [3.63, 3.8) is 0 Å². The minimum absolute atomic E-state index is 0.276. The Bertz CT molecular complexity index is 1250. The van der Waals surface area contributed by atoms with E-state index in [9.17, 15) is 45.6 Å². The molecule has 1 aliphatic heterocycles. The minimum Gasteiger partial charge on any atom is -0.508 e. The first-order chi connectivity index (χ1) is 15.6. The van der Waals surface area contributed by atoms with Crippen LogP contribution >= 0.6 is 0 Å². The highest BCUT2D eigenvalue weighted by molar-refractivity contribution is 5.89. The lowest BCUT2D eigenvalue weighted by Crippen LogP contribution is -2.60. The lowest BCUT2D eigenvalue weighted by Gasteiger charge is -2.39. The molecule has 12 heteroatoms. The molecular formula is C21H20O12. The van der Waals surface area contributed by atoms with Crippen molar-refractivity contribution in [2.24, 2.45) is 0 Å². The van der Waals surface area contributed by atoms with Crippen molar-refractivity contribution in [3.05, 3.63) is 40.6 Å². The van der Waals surface area contributed by atoms with Gasteiger partial charge in [-0.2, -0.15) is 0 Å². The largest absolute Gasteiger partial charge is 0.508 e. The molecule has 1 saturated heterocycles. The summed E-state index contributed by atoms with van der Waals surface area (Å²) in [4.78, 5) is 12.7. The van der Waals surface area contributed by atoms with Crippen LogP contribution in [0.25, 0.3) is 22.3 Å². The van der Waals surface area contributed by atoms with Crippen LogP contribution in [0, 0.1) is 0 Å². The van der Waals surface area contributed by atoms with Crippen LogP contribution in [-0.2, 0) is 4.74 Å². The molecular weight excluding hydrogens is 444 g/mol. The number of phenolic OH excluding ortho intramolecular Hbond substituents is 3. The van der Waals surface area contributed by atoms with Crippen molar-refractivity contribution >= 4 is 11.0 Å². The van der Waals surface area contributed by atoms with Gasteiger partial charge in [-0.05, 0) is 12.1 Å². The van der Waals surface area contributed by atoms with Crippen molar-refractivity contribution < 1.29 is 54.7 Å². The number of ether oxygens (including phenoxy) is 2. The van der Waals surface area contributed by atoms with Crippen LogP contribution in [0.2, 0.25) is 0 Å². The van der Waals surface area contributed by atoms with Gasteiger partial charge in [0, 0.05) is 12.1 Å². The number of benzene rings is 2. The first-order valence-corrected chi connectivity index (χ1v) is 9.65. The quantitative estimate of drug-likeness (QED) is 0.245. The normalized spacial score (nSPS) is 25.3. The Labute approximate surface area is 184 Å². The van der Waals surface area contributed by atoms with Gasteiger partial charge in [0.25, 0.3) is 0 Å². The van der Waals surface area contributed by atoms with E-state index < -0.39 is 76.9 Å². The Kier molecular flexibility index (Phi) is 5.78. The summed E-state index contributed by atoms with van der Waals surface area (Å²) in [6.07, 6.45) is -8.05. The Balaban J connectivity index is 1.84. The summed E-state index contributed by atoms with van der Waals surface area (Å²) in [5.41, 5.74) is -1.73. The van der Waals surface area contributed by atoms with Crippen LogP contribution in [-0.4, -0.2) is 78.2 Å². The molecule has 2 aromatic carbocycles. The van der Waals surface area contributed by atoms with Gasteiger partial charge in [0.15, 0.2) is 5.76 Å². The molecule has 2 heterocycles. The fraction of sp³-hybridized carbons (Fsp3) is 0.286. The van der Waals surface area contributed by atoms with Crippen LogP contribution in [0.1, 0.15) is 0 Å². The maximum atomic E-state index is 12.7. The van der Waals surface area contributed by atoms with E-state index in [1.54, 1.807) is 0 Å². The maximum absolute atomic E-state index is 12.7. The van der Waals surface area contributed by atoms with E-state index in [0.29, 0.717) is 0 Å². The number of hydrogen-bond donors (Lipinski definition) is 8. The highest BCUT2D eigenvalue weighted by Crippen LogP contribution is 2.44. The van der Waals surface area contributed by atoms with E-state index in [4.69, 9.17) is 13.9 Å². The third kappa shape index (κ3) is 3.79. The summed E-state index contributed by atoms with van der Waals surface area (Å²) in [6.45, 7) is -0.703. The zero-order valence-electron chi connectivity index (χ0n) is 16.7. The van der Waals surface area contributed by atoms with Gasteiger partial charge in [0.05, 0.1) is 6.61 Å². The van der Waals surface area contributed by atoms with Gasteiger partial charge in [0.1, 0.15) is 63.9 Å². The molecule has 0 spiro atoms. The number of aromatic hydroxyl groups is 4. The Hall–Kier alpha value is -3.55. The average molecular weight is 464 g/mol. The zero-order chi connectivity index (χ0) is 24.0. The number of fused-ring (bicyclic) bond motifs is 1. The van der Waals surface area contributed by atoms with E-state index in [2.05, 4.69) is 0 Å². The molecule has 0 unspecified atom stereocenters. The van der Waals surface area contributed by atoms with Crippen molar-refractivity contribution in [1.82, 2.24) is 0 Å². The molecule has 0 amide bonds. The standard InChI is InChI=1S/C21H20O12/c22-6-12-15(26)17(28)19(30)21(33-12)32-10-3-1-2-8(24)14(10)20-18(29)16(27)13-9(25)4-7(23)5-11(13)31-20/h1-5,12,15,17,19,21-26,28-30H,6H2/t12-,15-,17+,19-,21+/m1/s1. The van der Waals surface area contributed by atoms with Gasteiger partial charge in [-0.1, -0.05) is 6.07 Å². The first kappa shape index (κ1) is 22.6. The van der Waals surface area contributed by atoms with Gasteiger partial charge < -0.3 is 54.7 Å². The zero-order valence-corrected chi connectivity index (χ0v) is 16.7. The van der Waals surface area contributed by atoms with Crippen molar-refractivity contribution in [1.29, 1.82) is 0 Å². The second-order valence-electron chi connectivity index (χ2n) is 7.41. The Morgan fingerprint density at radius 1 is 0.939 bits per heavy atom. The van der Waals surface area contributed by atoms with Crippen LogP contribution in [0.5, 0.6) is 28.7 Å². The van der Waals surface area contributed by atoms with Crippen LogP contribution < -0.4 is 10.2 Å². The van der Waals surface area contributed by atoms with Crippen molar-refractivity contribution in [2.75, 3.05) is 6.61 Å². The molecule has 0 bridgehead atoms. The molecule has 0 radical (unpaired) electrons.